The van der Waals surface area contributed by atoms with Gasteiger partial charge >= 0.3 is 5.97 Å². The van der Waals surface area contributed by atoms with Crippen LogP contribution in [0.25, 0.3) is 0 Å². The molecule has 2 saturated carbocycles. The molecule has 0 spiro atoms. The van der Waals surface area contributed by atoms with Crippen molar-refractivity contribution in [1.29, 1.82) is 0 Å². The maximum Gasteiger partial charge on any atom is 0.316 e. The number of ether oxygens (including phenoxy) is 1. The second kappa shape index (κ2) is 5.33. The third-order valence-electron chi connectivity index (χ3n) is 3.90. The van der Waals surface area contributed by atoms with E-state index in [0.717, 1.165) is 12.3 Å². The lowest BCUT2D eigenvalue weighted by Crippen LogP contribution is -2.37. The number of hydrogen-bond donors (Lipinski definition) is 0. The summed E-state index contributed by atoms with van der Waals surface area (Å²) in [6.07, 6.45) is 9.21. The first-order valence-electron chi connectivity index (χ1n) is 6.06. The van der Waals surface area contributed by atoms with Crippen molar-refractivity contribution in [3.8, 4) is 0 Å². The van der Waals surface area contributed by atoms with Crippen LogP contribution < -0.4 is 0 Å². The van der Waals surface area contributed by atoms with Gasteiger partial charge in [-0.05, 0) is 37.5 Å². The fraction of sp³-hybridized carbons (Fsp3) is 0.917. The minimum absolute atomic E-state index is 0.0915. The Morgan fingerprint density at radius 3 is 2.67 bits per heavy atom. The number of halogens is 1. The molecule has 15 heavy (non-hydrogen) atoms. The van der Waals surface area contributed by atoms with Crippen molar-refractivity contribution in [1.82, 2.24) is 0 Å². The number of esters is 1. The summed E-state index contributed by atoms with van der Waals surface area (Å²) in [4.78, 5) is 11.3. The highest BCUT2D eigenvalue weighted by atomic mass is 79.9. The van der Waals surface area contributed by atoms with Gasteiger partial charge in [0.1, 0.15) is 11.4 Å². The largest absolute Gasteiger partial charge is 0.461 e. The predicted octanol–water partition coefficient (Wildman–Crippen LogP) is 3.28. The summed E-state index contributed by atoms with van der Waals surface area (Å²) in [5.74, 6) is 1.40. The first-order valence-corrected chi connectivity index (χ1v) is 7.19. The molecular weight excluding hydrogens is 256 g/mol. The molecule has 0 amide bonds. The molecule has 0 aromatic rings. The zero-order chi connectivity index (χ0) is 10.7. The van der Waals surface area contributed by atoms with Crippen molar-refractivity contribution in [2.45, 2.75) is 51.0 Å². The smallest absolute Gasteiger partial charge is 0.316 e. The monoisotopic (exact) mass is 274 g/mol. The Morgan fingerprint density at radius 1 is 1.13 bits per heavy atom. The lowest BCUT2D eigenvalue weighted by molar-refractivity contribution is -0.152. The van der Waals surface area contributed by atoms with Crippen LogP contribution in [0.15, 0.2) is 0 Å². The van der Waals surface area contributed by atoms with E-state index in [-0.39, 0.29) is 12.1 Å². The summed E-state index contributed by atoms with van der Waals surface area (Å²) in [6, 6.07) is 0. The van der Waals surface area contributed by atoms with Crippen LogP contribution in [0.3, 0.4) is 0 Å². The molecule has 0 bridgehead atoms. The predicted molar refractivity (Wildman–Crippen MR) is 63.0 cm³/mol. The van der Waals surface area contributed by atoms with E-state index in [9.17, 15) is 4.79 Å². The maximum atomic E-state index is 11.3. The number of fused-ring (bicyclic) bond motifs is 1. The lowest BCUT2D eigenvalue weighted by atomic mass is 9.69. The fourth-order valence-electron chi connectivity index (χ4n) is 3.23. The average molecular weight is 275 g/mol. The van der Waals surface area contributed by atoms with Crippen LogP contribution in [0, 0.1) is 11.8 Å². The molecule has 3 atom stereocenters. The second-order valence-electron chi connectivity index (χ2n) is 4.80. The molecule has 0 aromatic carbocycles. The zero-order valence-electron chi connectivity index (χ0n) is 9.08. The molecule has 0 saturated heterocycles. The highest BCUT2D eigenvalue weighted by Crippen LogP contribution is 2.41. The van der Waals surface area contributed by atoms with Crippen LogP contribution in [0.1, 0.15) is 44.9 Å². The zero-order valence-corrected chi connectivity index (χ0v) is 10.7. The summed E-state index contributed by atoms with van der Waals surface area (Å²) >= 11 is 3.16. The standard InChI is InChI=1S/C12H19BrO2/c13-8-12(14)15-11-7-3-5-9-4-1-2-6-10(9)11/h9-11H,1-8H2. The van der Waals surface area contributed by atoms with Crippen molar-refractivity contribution >= 4 is 21.9 Å². The molecule has 2 nitrogen and oxygen atoms in total. The van der Waals surface area contributed by atoms with Gasteiger partial charge in [-0.15, -0.1) is 0 Å². The van der Waals surface area contributed by atoms with E-state index >= 15 is 0 Å². The van der Waals surface area contributed by atoms with Crippen molar-refractivity contribution in [3.05, 3.63) is 0 Å². The molecule has 86 valence electrons. The SMILES string of the molecule is O=C(CBr)OC1CCCC2CCCCC21. The number of alkyl halides is 1. The van der Waals surface area contributed by atoms with Gasteiger partial charge in [-0.1, -0.05) is 35.2 Å². The summed E-state index contributed by atoms with van der Waals surface area (Å²) in [6.45, 7) is 0. The average Bonchev–Trinajstić information content (AvgIpc) is 2.29. The first kappa shape index (κ1) is 11.4. The van der Waals surface area contributed by atoms with Gasteiger partial charge in [0, 0.05) is 0 Å². The summed E-state index contributed by atoms with van der Waals surface area (Å²) in [7, 11) is 0. The molecular formula is C12H19BrO2. The van der Waals surface area contributed by atoms with Gasteiger partial charge in [0.15, 0.2) is 0 Å². The number of carbonyl (C=O) groups excluding carboxylic acids is 1. The Morgan fingerprint density at radius 2 is 1.87 bits per heavy atom. The van der Waals surface area contributed by atoms with Gasteiger partial charge in [-0.2, -0.15) is 0 Å². The second-order valence-corrected chi connectivity index (χ2v) is 5.36. The summed E-state index contributed by atoms with van der Waals surface area (Å²) in [5, 5.41) is 0.334. The van der Waals surface area contributed by atoms with Crippen molar-refractivity contribution < 1.29 is 9.53 Å². The molecule has 2 aliphatic rings. The highest BCUT2D eigenvalue weighted by molar-refractivity contribution is 9.09. The van der Waals surface area contributed by atoms with Crippen LogP contribution in [-0.4, -0.2) is 17.4 Å². The number of hydrogen-bond acceptors (Lipinski definition) is 2. The summed E-state index contributed by atoms with van der Waals surface area (Å²) < 4.78 is 5.52. The van der Waals surface area contributed by atoms with Crippen LogP contribution in [0.2, 0.25) is 0 Å². The molecule has 0 aliphatic heterocycles. The third-order valence-corrected chi connectivity index (χ3v) is 4.36. The topological polar surface area (TPSA) is 26.3 Å². The Balaban J connectivity index is 1.94. The Hall–Kier alpha value is -0.0500. The van der Waals surface area contributed by atoms with Crippen molar-refractivity contribution in [3.63, 3.8) is 0 Å². The van der Waals surface area contributed by atoms with Gasteiger partial charge in [-0.25, -0.2) is 0 Å². The molecule has 2 rings (SSSR count). The Bertz CT molecular complexity index is 228. The molecule has 0 aromatic heterocycles. The third kappa shape index (κ3) is 2.74. The van der Waals surface area contributed by atoms with Gasteiger partial charge in [0.05, 0.1) is 0 Å². The van der Waals surface area contributed by atoms with E-state index in [1.165, 1.54) is 38.5 Å². The van der Waals surface area contributed by atoms with Crippen LogP contribution in [0.5, 0.6) is 0 Å². The van der Waals surface area contributed by atoms with E-state index in [0.29, 0.717) is 11.2 Å². The van der Waals surface area contributed by atoms with Gasteiger partial charge in [-0.3, -0.25) is 4.79 Å². The van der Waals surface area contributed by atoms with Gasteiger partial charge in [0.25, 0.3) is 0 Å². The van der Waals surface area contributed by atoms with E-state index in [1.54, 1.807) is 0 Å². The normalized spacial score (nSPS) is 35.7. The molecule has 3 unspecified atom stereocenters. The van der Waals surface area contributed by atoms with Gasteiger partial charge in [0.2, 0.25) is 0 Å². The fourth-order valence-corrected chi connectivity index (χ4v) is 3.36. The highest BCUT2D eigenvalue weighted by Gasteiger charge is 2.36. The van der Waals surface area contributed by atoms with E-state index in [2.05, 4.69) is 15.9 Å². The number of carbonyl (C=O) groups is 1. The molecule has 2 fully saturated rings. The van der Waals surface area contributed by atoms with Crippen LogP contribution in [-0.2, 0) is 9.53 Å². The minimum atomic E-state index is -0.0915. The molecule has 0 radical (unpaired) electrons. The number of rotatable bonds is 2. The quantitative estimate of drug-likeness (QED) is 0.571. The van der Waals surface area contributed by atoms with E-state index in [4.69, 9.17) is 4.74 Å². The van der Waals surface area contributed by atoms with Crippen molar-refractivity contribution in [2.75, 3.05) is 5.33 Å². The van der Waals surface area contributed by atoms with Crippen molar-refractivity contribution in [2.24, 2.45) is 11.8 Å². The van der Waals surface area contributed by atoms with E-state index in [1.807, 2.05) is 0 Å². The molecule has 3 heteroatoms. The lowest BCUT2D eigenvalue weighted by Gasteiger charge is -2.40. The van der Waals surface area contributed by atoms with E-state index < -0.39 is 0 Å². The molecule has 0 heterocycles. The van der Waals surface area contributed by atoms with Crippen LogP contribution in [0.4, 0.5) is 0 Å². The van der Waals surface area contributed by atoms with Gasteiger partial charge < -0.3 is 4.74 Å². The minimum Gasteiger partial charge on any atom is -0.461 e. The molecule has 0 N–H and O–H groups in total. The van der Waals surface area contributed by atoms with Crippen LogP contribution >= 0.6 is 15.9 Å². The summed E-state index contributed by atoms with van der Waals surface area (Å²) in [5.41, 5.74) is 0. The first-order chi connectivity index (χ1) is 7.31. The Labute approximate surface area is 99.9 Å². The maximum absolute atomic E-state index is 11.3. The Kier molecular flexibility index (Phi) is 4.06. The molecule has 2 aliphatic carbocycles.